The van der Waals surface area contributed by atoms with Crippen molar-refractivity contribution in [2.24, 2.45) is 11.8 Å². The van der Waals surface area contributed by atoms with Crippen LogP contribution in [0.25, 0.3) is 10.9 Å². The third kappa shape index (κ3) is 5.65. The van der Waals surface area contributed by atoms with E-state index in [1.165, 1.54) is 4.90 Å². The van der Waals surface area contributed by atoms with Crippen molar-refractivity contribution in [1.29, 1.82) is 0 Å². The summed E-state index contributed by atoms with van der Waals surface area (Å²) in [5, 5.41) is 11.4. The fraction of sp³-hybridized carbons (Fsp3) is 0.677. The van der Waals surface area contributed by atoms with Crippen LogP contribution in [0.1, 0.15) is 93.6 Å². The summed E-state index contributed by atoms with van der Waals surface area (Å²) in [6.07, 6.45) is -5.32. The van der Waals surface area contributed by atoms with Crippen molar-refractivity contribution in [2.75, 3.05) is 6.54 Å². The van der Waals surface area contributed by atoms with Gasteiger partial charge in [-0.2, -0.15) is 36.1 Å². The van der Waals surface area contributed by atoms with Crippen LogP contribution in [0.15, 0.2) is 24.3 Å². The number of carbonyl (C=O) groups excluding carboxylic acids is 1. The number of alkyl halides is 6. The number of benzene rings is 1. The quantitative estimate of drug-likeness (QED) is 0.275. The number of fused-ring (bicyclic) bond motifs is 4. The second kappa shape index (κ2) is 11.0. The first-order chi connectivity index (χ1) is 21.3. The molecule has 14 heteroatoms. The summed E-state index contributed by atoms with van der Waals surface area (Å²) in [5.74, 6) is -0.985. The molecular weight excluding hydrogens is 610 g/mol. The van der Waals surface area contributed by atoms with Gasteiger partial charge in [-0.05, 0) is 81.0 Å². The number of aliphatic hydroxyl groups is 1. The van der Waals surface area contributed by atoms with E-state index < -0.39 is 65.0 Å². The van der Waals surface area contributed by atoms with Crippen LogP contribution >= 0.6 is 0 Å². The molecule has 7 unspecified atom stereocenters. The average molecular weight is 645 g/mol. The van der Waals surface area contributed by atoms with E-state index in [4.69, 9.17) is 19.2 Å². The number of likely N-dealkylation sites (tertiary alicyclic amines) is 1. The number of hydrogen-bond donors (Lipinski definition) is 1. The minimum atomic E-state index is -4.98. The molecule has 246 valence electrons. The number of rotatable bonds is 3. The van der Waals surface area contributed by atoms with E-state index in [-0.39, 0.29) is 36.3 Å². The lowest BCUT2D eigenvalue weighted by Gasteiger charge is -2.40. The lowest BCUT2D eigenvalue weighted by Crippen LogP contribution is -2.49. The zero-order chi connectivity index (χ0) is 31.8. The third-order valence-electron chi connectivity index (χ3n) is 10.2. The average Bonchev–Trinajstić information content (AvgIpc) is 3.69. The van der Waals surface area contributed by atoms with Gasteiger partial charge in [0.15, 0.2) is 0 Å². The third-order valence-corrected chi connectivity index (χ3v) is 10.2. The van der Waals surface area contributed by atoms with Gasteiger partial charge in [-0.25, -0.2) is 9.78 Å². The van der Waals surface area contributed by atoms with Crippen LogP contribution in [0, 0.1) is 11.8 Å². The molecule has 5 aliphatic rings. The molecule has 2 bridgehead atoms. The number of nitrogens with zero attached hydrogens (tertiary/aromatic N) is 2. The van der Waals surface area contributed by atoms with Crippen molar-refractivity contribution in [1.82, 2.24) is 9.88 Å². The number of aliphatic hydroxyl groups excluding tert-OH is 1. The molecule has 1 aromatic heterocycles. The first-order valence-corrected chi connectivity index (χ1v) is 15.6. The van der Waals surface area contributed by atoms with Crippen LogP contribution in [0.3, 0.4) is 0 Å². The van der Waals surface area contributed by atoms with Crippen LogP contribution in [-0.4, -0.2) is 51.3 Å². The zero-order valence-corrected chi connectivity index (χ0v) is 24.3. The smallest absolute Gasteiger partial charge is 0.433 e. The molecule has 0 radical (unpaired) electrons. The van der Waals surface area contributed by atoms with Crippen LogP contribution < -0.4 is 0 Å². The van der Waals surface area contributed by atoms with E-state index in [0.717, 1.165) is 37.8 Å². The minimum Gasteiger partial charge on any atom is -0.446 e. The first-order valence-electron chi connectivity index (χ1n) is 15.6. The molecule has 1 amide bonds. The maximum absolute atomic E-state index is 13.8. The molecule has 2 saturated heterocycles. The fourth-order valence-electron chi connectivity index (χ4n) is 8.12. The number of pyridine rings is 1. The molecule has 3 heterocycles. The predicted octanol–water partition coefficient (Wildman–Crippen LogP) is 7.43. The number of amides is 1. The van der Waals surface area contributed by atoms with E-state index >= 15 is 0 Å². The molecule has 45 heavy (non-hydrogen) atoms. The summed E-state index contributed by atoms with van der Waals surface area (Å²) in [6.45, 7) is 0.189. The number of carbonyl (C=O) groups is 1. The van der Waals surface area contributed by atoms with Gasteiger partial charge in [-0.1, -0.05) is 6.07 Å². The van der Waals surface area contributed by atoms with Crippen molar-refractivity contribution in [3.05, 3.63) is 41.1 Å². The van der Waals surface area contributed by atoms with Crippen molar-refractivity contribution in [3.63, 3.8) is 0 Å². The van der Waals surface area contributed by atoms with Gasteiger partial charge in [-0.3, -0.25) is 0 Å². The summed E-state index contributed by atoms with van der Waals surface area (Å²) in [4.78, 5) is 30.0. The number of hydrogen-bond acceptors (Lipinski definition) is 7. The van der Waals surface area contributed by atoms with E-state index in [1.807, 2.05) is 0 Å². The number of ether oxygens (including phenoxy) is 2. The number of aromatic nitrogens is 1. The predicted molar refractivity (Wildman–Crippen MR) is 144 cm³/mol. The van der Waals surface area contributed by atoms with Crippen molar-refractivity contribution >= 4 is 17.0 Å². The Labute approximate surface area is 254 Å². The summed E-state index contributed by atoms with van der Waals surface area (Å²) in [5.41, 5.74) is -3.42. The highest BCUT2D eigenvalue weighted by Crippen LogP contribution is 2.59. The number of piperidine rings is 1. The SMILES string of the molecule is O=C(OC1CCCC2(C1)OOC1(CC3CCC1C3)O2)N1CCCCC1C(O)c1cc(C(F)(F)F)nc2cc(C(F)(F)F)ccc12. The Kier molecular flexibility index (Phi) is 7.53. The number of halogens is 6. The lowest BCUT2D eigenvalue weighted by molar-refractivity contribution is -0.363. The molecule has 7 rings (SSSR count). The van der Waals surface area contributed by atoms with Gasteiger partial charge >= 0.3 is 18.4 Å². The highest BCUT2D eigenvalue weighted by Gasteiger charge is 2.63. The normalized spacial score (nSPS) is 34.2. The monoisotopic (exact) mass is 644 g/mol. The van der Waals surface area contributed by atoms with Gasteiger partial charge in [0.2, 0.25) is 11.6 Å². The molecule has 2 aromatic rings. The van der Waals surface area contributed by atoms with Gasteiger partial charge in [-0.15, -0.1) is 0 Å². The topological polar surface area (TPSA) is 90.4 Å². The minimum absolute atomic E-state index is 0.0679. The fourth-order valence-corrected chi connectivity index (χ4v) is 8.12. The van der Waals surface area contributed by atoms with Crippen molar-refractivity contribution < 1.29 is 55.5 Å². The maximum atomic E-state index is 13.8. The summed E-state index contributed by atoms with van der Waals surface area (Å²) >= 11 is 0. The van der Waals surface area contributed by atoms with E-state index in [1.54, 1.807) is 0 Å². The van der Waals surface area contributed by atoms with Crippen molar-refractivity contribution in [3.8, 4) is 0 Å². The van der Waals surface area contributed by atoms with Gasteiger partial charge < -0.3 is 19.5 Å². The van der Waals surface area contributed by atoms with Gasteiger partial charge in [0.25, 0.3) is 0 Å². The Bertz CT molecular complexity index is 1470. The second-order valence-electron chi connectivity index (χ2n) is 13.2. The highest BCUT2D eigenvalue weighted by molar-refractivity contribution is 5.84. The molecule has 7 atom stereocenters. The first kappa shape index (κ1) is 30.9. The lowest BCUT2D eigenvalue weighted by atomic mass is 9.89. The zero-order valence-electron chi connectivity index (χ0n) is 24.3. The Morgan fingerprint density at radius 3 is 2.53 bits per heavy atom. The van der Waals surface area contributed by atoms with Gasteiger partial charge in [0.1, 0.15) is 17.9 Å². The molecule has 3 aliphatic carbocycles. The molecule has 1 aromatic carbocycles. The highest BCUT2D eigenvalue weighted by atomic mass is 19.4. The molecule has 5 fully saturated rings. The largest absolute Gasteiger partial charge is 0.446 e. The standard InChI is InChI=1S/C31H34F6N2O6/c32-30(33,34)19-8-9-21-22(14-25(31(35,36)37)38-23(21)13-19)26(40)24-5-1-2-11-39(24)27(41)42-20-4-3-10-28(16-20)43-29(45-44-28)15-17-6-7-18(29)12-17/h8-9,13-14,17-18,20,24,26,40H,1-7,10-12,15-16H2. The molecule has 1 N–H and O–H groups in total. The van der Waals surface area contributed by atoms with Gasteiger partial charge in [0.05, 0.1) is 17.1 Å². The van der Waals surface area contributed by atoms with Crippen LogP contribution in [0.2, 0.25) is 0 Å². The van der Waals surface area contributed by atoms with Crippen LogP contribution in [0.5, 0.6) is 0 Å². The van der Waals surface area contributed by atoms with E-state index in [0.29, 0.717) is 50.2 Å². The maximum Gasteiger partial charge on any atom is 0.433 e. The molecule has 2 aliphatic heterocycles. The molecule has 3 saturated carbocycles. The summed E-state index contributed by atoms with van der Waals surface area (Å²) in [7, 11) is 0. The second-order valence-corrected chi connectivity index (χ2v) is 13.2. The van der Waals surface area contributed by atoms with Crippen LogP contribution in [-0.2, 0) is 31.6 Å². The summed E-state index contributed by atoms with van der Waals surface area (Å²) in [6, 6.07) is 1.94. The van der Waals surface area contributed by atoms with Gasteiger partial charge in [0, 0.05) is 37.1 Å². The molecule has 2 spiro atoms. The molecule has 8 nitrogen and oxygen atoms in total. The Morgan fingerprint density at radius 1 is 1.00 bits per heavy atom. The molecular formula is C31H34F6N2O6. The van der Waals surface area contributed by atoms with Crippen LogP contribution in [0.4, 0.5) is 31.1 Å². The Hall–Kier alpha value is -2.68. The van der Waals surface area contributed by atoms with E-state index in [9.17, 15) is 36.2 Å². The Morgan fingerprint density at radius 2 is 1.82 bits per heavy atom. The van der Waals surface area contributed by atoms with E-state index in [2.05, 4.69) is 4.98 Å². The Balaban J connectivity index is 1.11. The van der Waals surface area contributed by atoms with Crippen molar-refractivity contribution in [2.45, 2.75) is 113 Å². The summed E-state index contributed by atoms with van der Waals surface area (Å²) < 4.78 is 93.9.